The number of amides is 2. The average molecular weight is 330 g/mol. The van der Waals surface area contributed by atoms with E-state index in [2.05, 4.69) is 21.5 Å². The van der Waals surface area contributed by atoms with E-state index in [0.717, 1.165) is 18.4 Å². The van der Waals surface area contributed by atoms with Crippen LogP contribution in [0.4, 0.5) is 4.79 Å². The van der Waals surface area contributed by atoms with E-state index in [1.807, 2.05) is 18.2 Å². The Morgan fingerprint density at radius 3 is 3.04 bits per heavy atom. The summed E-state index contributed by atoms with van der Waals surface area (Å²) in [5.74, 6) is 1.20. The third-order valence-electron chi connectivity index (χ3n) is 4.26. The van der Waals surface area contributed by atoms with E-state index < -0.39 is 0 Å². The highest BCUT2D eigenvalue weighted by molar-refractivity contribution is 5.75. The topological polar surface area (TPSA) is 91.5 Å². The lowest BCUT2D eigenvalue weighted by molar-refractivity contribution is 0.127. The molecule has 0 spiro atoms. The number of hydrogen-bond donors (Lipinski definition) is 2. The van der Waals surface area contributed by atoms with Crippen molar-refractivity contribution in [1.29, 1.82) is 0 Å². The van der Waals surface area contributed by atoms with Crippen molar-refractivity contribution < 1.29 is 14.4 Å². The number of aliphatic hydroxyl groups is 1. The molecule has 2 heterocycles. The van der Waals surface area contributed by atoms with Crippen molar-refractivity contribution in [2.75, 3.05) is 19.7 Å². The zero-order chi connectivity index (χ0) is 16.9. The Hall–Kier alpha value is -2.41. The monoisotopic (exact) mass is 330 g/mol. The van der Waals surface area contributed by atoms with Crippen molar-refractivity contribution in [1.82, 2.24) is 20.4 Å². The van der Waals surface area contributed by atoms with Crippen molar-refractivity contribution in [3.8, 4) is 0 Å². The molecule has 1 aliphatic heterocycles. The number of aryl methyl sites for hydroxylation is 2. The molecular formula is C17H22N4O3. The van der Waals surface area contributed by atoms with E-state index in [9.17, 15) is 9.90 Å². The van der Waals surface area contributed by atoms with Crippen molar-refractivity contribution in [2.45, 2.75) is 32.2 Å². The van der Waals surface area contributed by atoms with E-state index in [1.165, 1.54) is 5.56 Å². The number of benzene rings is 1. The highest BCUT2D eigenvalue weighted by Crippen LogP contribution is 2.29. The molecule has 24 heavy (non-hydrogen) atoms. The minimum absolute atomic E-state index is 0.0777. The molecule has 128 valence electrons. The fourth-order valence-corrected chi connectivity index (χ4v) is 3.07. The highest BCUT2D eigenvalue weighted by atomic mass is 16.5. The molecule has 0 unspecified atom stereocenters. The molecular weight excluding hydrogens is 308 g/mol. The summed E-state index contributed by atoms with van der Waals surface area (Å²) in [6, 6.07) is 7.53. The molecule has 0 radical (unpaired) electrons. The summed E-state index contributed by atoms with van der Waals surface area (Å²) in [5.41, 5.74) is 2.23. The first-order valence-corrected chi connectivity index (χ1v) is 8.21. The Morgan fingerprint density at radius 2 is 2.29 bits per heavy atom. The van der Waals surface area contributed by atoms with Crippen LogP contribution in [0.5, 0.6) is 0 Å². The van der Waals surface area contributed by atoms with Gasteiger partial charge in [0.2, 0.25) is 5.89 Å². The summed E-state index contributed by atoms with van der Waals surface area (Å²) in [5, 5.41) is 16.4. The average Bonchev–Trinajstić information content (AvgIpc) is 3.02. The van der Waals surface area contributed by atoms with Crippen molar-refractivity contribution in [2.24, 2.45) is 0 Å². The van der Waals surface area contributed by atoms with Gasteiger partial charge in [-0.2, -0.15) is 4.98 Å². The molecule has 2 amide bonds. The van der Waals surface area contributed by atoms with Gasteiger partial charge in [0.1, 0.15) is 0 Å². The second-order valence-corrected chi connectivity index (χ2v) is 5.91. The van der Waals surface area contributed by atoms with E-state index in [1.54, 1.807) is 11.8 Å². The second-order valence-electron chi connectivity index (χ2n) is 5.91. The van der Waals surface area contributed by atoms with Crippen molar-refractivity contribution >= 4 is 6.03 Å². The predicted octanol–water partition coefficient (Wildman–Crippen LogP) is 1.61. The third kappa shape index (κ3) is 3.56. The molecule has 2 N–H and O–H groups in total. The zero-order valence-corrected chi connectivity index (χ0v) is 13.7. The van der Waals surface area contributed by atoms with Crippen LogP contribution >= 0.6 is 0 Å². The molecule has 1 aliphatic rings. The van der Waals surface area contributed by atoms with Gasteiger partial charge in [-0.3, -0.25) is 0 Å². The predicted molar refractivity (Wildman–Crippen MR) is 87.4 cm³/mol. The fraction of sp³-hybridized carbons (Fsp3) is 0.471. The van der Waals surface area contributed by atoms with Crippen LogP contribution in [-0.4, -0.2) is 45.9 Å². The Kier molecular flexibility index (Phi) is 5.10. The van der Waals surface area contributed by atoms with Crippen LogP contribution in [-0.2, 0) is 12.8 Å². The quantitative estimate of drug-likeness (QED) is 0.813. The minimum Gasteiger partial charge on any atom is -0.394 e. The lowest BCUT2D eigenvalue weighted by Gasteiger charge is -2.36. The third-order valence-corrected chi connectivity index (χ3v) is 4.26. The van der Waals surface area contributed by atoms with Crippen LogP contribution in [0, 0.1) is 6.92 Å². The molecule has 7 heteroatoms. The summed E-state index contributed by atoms with van der Waals surface area (Å²) >= 11 is 0. The van der Waals surface area contributed by atoms with Gasteiger partial charge in [-0.1, -0.05) is 29.4 Å². The van der Waals surface area contributed by atoms with Crippen LogP contribution in [0.25, 0.3) is 0 Å². The summed E-state index contributed by atoms with van der Waals surface area (Å²) < 4.78 is 5.04. The molecule has 0 aliphatic carbocycles. The molecule has 1 atom stereocenters. The normalized spacial score (nSPS) is 16.8. The lowest BCUT2D eigenvalue weighted by Crippen LogP contribution is -2.47. The number of nitrogens with one attached hydrogen (secondary N) is 1. The Balaban J connectivity index is 1.53. The number of fused-ring (bicyclic) bond motifs is 1. The Bertz CT molecular complexity index is 701. The van der Waals surface area contributed by atoms with Gasteiger partial charge in [0.15, 0.2) is 5.82 Å². The zero-order valence-electron chi connectivity index (χ0n) is 13.7. The summed E-state index contributed by atoms with van der Waals surface area (Å²) in [6.45, 7) is 2.83. The number of aliphatic hydroxyl groups excluding tert-OH is 1. The smallest absolute Gasteiger partial charge is 0.318 e. The molecule has 0 fully saturated rings. The SMILES string of the molecule is Cc1noc(CCCNC(=O)N2CCc3ccccc3[C@@H]2CO)n1. The first-order valence-electron chi connectivity index (χ1n) is 8.21. The van der Waals surface area contributed by atoms with Crippen LogP contribution in [0.1, 0.15) is 35.3 Å². The van der Waals surface area contributed by atoms with E-state index in [4.69, 9.17) is 4.52 Å². The molecule has 1 aromatic carbocycles. The van der Waals surface area contributed by atoms with E-state index in [0.29, 0.717) is 31.2 Å². The summed E-state index contributed by atoms with van der Waals surface area (Å²) in [4.78, 5) is 18.3. The standard InChI is InChI=1S/C17H22N4O3/c1-12-19-16(24-20-12)7-4-9-18-17(23)21-10-8-13-5-2-3-6-14(13)15(21)11-22/h2-3,5-6,15,22H,4,7-11H2,1H3,(H,18,23)/t15-/m0/s1. The summed E-state index contributed by atoms with van der Waals surface area (Å²) in [6.07, 6.45) is 2.16. The van der Waals surface area contributed by atoms with Gasteiger partial charge in [0, 0.05) is 19.5 Å². The Labute approximate surface area is 140 Å². The van der Waals surface area contributed by atoms with Crippen molar-refractivity contribution in [3.05, 3.63) is 47.1 Å². The van der Waals surface area contributed by atoms with Crippen LogP contribution in [0.15, 0.2) is 28.8 Å². The van der Waals surface area contributed by atoms with Crippen LogP contribution < -0.4 is 5.32 Å². The maximum atomic E-state index is 12.4. The van der Waals surface area contributed by atoms with Gasteiger partial charge in [-0.25, -0.2) is 4.79 Å². The number of aromatic nitrogens is 2. The van der Waals surface area contributed by atoms with Crippen LogP contribution in [0.3, 0.4) is 0 Å². The van der Waals surface area contributed by atoms with Gasteiger partial charge in [0.05, 0.1) is 12.6 Å². The van der Waals surface area contributed by atoms with E-state index in [-0.39, 0.29) is 18.7 Å². The molecule has 2 aromatic rings. The first kappa shape index (κ1) is 16.4. The maximum Gasteiger partial charge on any atom is 0.318 e. The Morgan fingerprint density at radius 1 is 1.46 bits per heavy atom. The molecule has 3 rings (SSSR count). The number of carbonyl (C=O) groups excluding carboxylic acids is 1. The number of nitrogens with zero attached hydrogens (tertiary/aromatic N) is 3. The fourth-order valence-electron chi connectivity index (χ4n) is 3.07. The van der Waals surface area contributed by atoms with Gasteiger partial charge in [0.25, 0.3) is 0 Å². The molecule has 7 nitrogen and oxygen atoms in total. The summed E-state index contributed by atoms with van der Waals surface area (Å²) in [7, 11) is 0. The lowest BCUT2D eigenvalue weighted by atomic mass is 9.93. The number of urea groups is 1. The number of carbonyl (C=O) groups is 1. The van der Waals surface area contributed by atoms with Gasteiger partial charge in [-0.15, -0.1) is 0 Å². The maximum absolute atomic E-state index is 12.4. The number of rotatable bonds is 5. The molecule has 0 saturated carbocycles. The van der Waals surface area contributed by atoms with E-state index >= 15 is 0 Å². The molecule has 0 bridgehead atoms. The van der Waals surface area contributed by atoms with Gasteiger partial charge in [-0.05, 0) is 30.9 Å². The first-order chi connectivity index (χ1) is 11.7. The van der Waals surface area contributed by atoms with Gasteiger partial charge >= 0.3 is 6.03 Å². The number of hydrogen-bond acceptors (Lipinski definition) is 5. The second kappa shape index (κ2) is 7.44. The minimum atomic E-state index is -0.284. The largest absolute Gasteiger partial charge is 0.394 e. The van der Waals surface area contributed by atoms with Crippen molar-refractivity contribution in [3.63, 3.8) is 0 Å². The molecule has 1 aromatic heterocycles. The van der Waals surface area contributed by atoms with Crippen LogP contribution in [0.2, 0.25) is 0 Å². The van der Waals surface area contributed by atoms with Gasteiger partial charge < -0.3 is 19.8 Å². The highest BCUT2D eigenvalue weighted by Gasteiger charge is 2.29. The molecule has 0 saturated heterocycles.